The minimum atomic E-state index is -0.0660. The average molecular weight is 333 g/mol. The highest BCUT2D eigenvalue weighted by atomic mass is 16.3. The summed E-state index contributed by atoms with van der Waals surface area (Å²) in [5.74, 6) is 1.77. The molecule has 134 valence electrons. The average Bonchev–Trinajstić information content (AvgIpc) is 2.91. The van der Waals surface area contributed by atoms with Gasteiger partial charge < -0.3 is 15.1 Å². The van der Waals surface area contributed by atoms with E-state index in [4.69, 9.17) is 4.42 Å². The molecule has 5 heteroatoms. The molecule has 0 aromatic carbocycles. The van der Waals surface area contributed by atoms with Crippen molar-refractivity contribution in [2.45, 2.75) is 77.4 Å². The van der Waals surface area contributed by atoms with Crippen molar-refractivity contribution in [2.24, 2.45) is 0 Å². The maximum Gasteiger partial charge on any atom is 0.315 e. The summed E-state index contributed by atoms with van der Waals surface area (Å²) in [6.07, 6.45) is 9.05. The van der Waals surface area contributed by atoms with Crippen LogP contribution in [0.25, 0.3) is 0 Å². The van der Waals surface area contributed by atoms with Crippen LogP contribution in [0.15, 0.2) is 10.5 Å². The van der Waals surface area contributed by atoms with Crippen LogP contribution in [0.4, 0.5) is 4.79 Å². The quantitative estimate of drug-likeness (QED) is 0.887. The SMILES string of the molecule is Cc1cc(CNC(=O)NC2CCCN(C3CCCCC3)C2)c(C)o1. The van der Waals surface area contributed by atoms with Crippen molar-refractivity contribution in [3.8, 4) is 0 Å². The summed E-state index contributed by atoms with van der Waals surface area (Å²) in [7, 11) is 0. The summed E-state index contributed by atoms with van der Waals surface area (Å²) in [4.78, 5) is 14.8. The van der Waals surface area contributed by atoms with E-state index in [0.29, 0.717) is 6.54 Å². The van der Waals surface area contributed by atoms with Gasteiger partial charge >= 0.3 is 6.03 Å². The molecule has 2 N–H and O–H groups in total. The van der Waals surface area contributed by atoms with Gasteiger partial charge in [-0.05, 0) is 52.1 Å². The summed E-state index contributed by atoms with van der Waals surface area (Å²) < 4.78 is 5.50. The van der Waals surface area contributed by atoms with Gasteiger partial charge in [-0.2, -0.15) is 0 Å². The van der Waals surface area contributed by atoms with Gasteiger partial charge in [-0.3, -0.25) is 4.90 Å². The lowest BCUT2D eigenvalue weighted by Crippen LogP contribution is -2.53. The molecule has 1 aromatic rings. The number of likely N-dealkylation sites (tertiary alicyclic amines) is 1. The Kier molecular flexibility index (Phi) is 5.82. The summed E-state index contributed by atoms with van der Waals surface area (Å²) in [5.41, 5.74) is 1.05. The first-order valence-corrected chi connectivity index (χ1v) is 9.46. The van der Waals surface area contributed by atoms with E-state index >= 15 is 0 Å². The predicted octanol–water partition coefficient (Wildman–Crippen LogP) is 3.49. The zero-order valence-corrected chi connectivity index (χ0v) is 15.1. The van der Waals surface area contributed by atoms with Crippen molar-refractivity contribution in [2.75, 3.05) is 13.1 Å². The molecular formula is C19H31N3O2. The molecule has 2 fully saturated rings. The molecule has 1 aromatic heterocycles. The molecule has 1 aliphatic heterocycles. The van der Waals surface area contributed by atoms with E-state index in [-0.39, 0.29) is 12.1 Å². The van der Waals surface area contributed by atoms with E-state index in [9.17, 15) is 4.79 Å². The van der Waals surface area contributed by atoms with Gasteiger partial charge in [0.2, 0.25) is 0 Å². The standard InChI is InChI=1S/C19H31N3O2/c1-14-11-16(15(2)24-14)12-20-19(23)21-17-7-6-10-22(13-17)18-8-4-3-5-9-18/h11,17-18H,3-10,12-13H2,1-2H3,(H2,20,21,23). The predicted molar refractivity (Wildman–Crippen MR) is 95.0 cm³/mol. The van der Waals surface area contributed by atoms with Gasteiger partial charge in [0, 0.05) is 30.7 Å². The van der Waals surface area contributed by atoms with E-state index in [2.05, 4.69) is 15.5 Å². The van der Waals surface area contributed by atoms with E-state index < -0.39 is 0 Å². The Morgan fingerprint density at radius 1 is 1.21 bits per heavy atom. The number of rotatable bonds is 4. The fourth-order valence-electron chi connectivity index (χ4n) is 4.17. The highest BCUT2D eigenvalue weighted by Gasteiger charge is 2.27. The molecule has 0 spiro atoms. The third-order valence-electron chi connectivity index (χ3n) is 5.46. The number of carbonyl (C=O) groups excluding carboxylic acids is 1. The van der Waals surface area contributed by atoms with Crippen molar-refractivity contribution < 1.29 is 9.21 Å². The second kappa shape index (κ2) is 8.06. The van der Waals surface area contributed by atoms with E-state index in [1.807, 2.05) is 19.9 Å². The maximum atomic E-state index is 12.2. The normalized spacial score (nSPS) is 23.2. The van der Waals surface area contributed by atoms with Crippen LogP contribution >= 0.6 is 0 Å². The van der Waals surface area contributed by atoms with E-state index in [1.54, 1.807) is 0 Å². The van der Waals surface area contributed by atoms with Gasteiger partial charge in [-0.25, -0.2) is 4.79 Å². The molecule has 2 aliphatic rings. The molecule has 0 radical (unpaired) electrons. The van der Waals surface area contributed by atoms with Crippen LogP contribution in [0, 0.1) is 13.8 Å². The van der Waals surface area contributed by atoms with Gasteiger partial charge in [0.15, 0.2) is 0 Å². The minimum absolute atomic E-state index is 0.0660. The fraction of sp³-hybridized carbons (Fsp3) is 0.737. The molecule has 2 amide bonds. The molecule has 2 heterocycles. The molecule has 24 heavy (non-hydrogen) atoms. The van der Waals surface area contributed by atoms with Gasteiger partial charge in [0.25, 0.3) is 0 Å². The Bertz CT molecular complexity index is 549. The second-order valence-corrected chi connectivity index (χ2v) is 7.39. The van der Waals surface area contributed by atoms with Crippen LogP contribution in [0.1, 0.15) is 62.0 Å². The minimum Gasteiger partial charge on any atom is -0.466 e. The Hall–Kier alpha value is -1.49. The summed E-state index contributed by atoms with van der Waals surface area (Å²) in [6.45, 7) is 6.58. The van der Waals surface area contributed by atoms with Crippen molar-refractivity contribution in [1.29, 1.82) is 0 Å². The second-order valence-electron chi connectivity index (χ2n) is 7.39. The largest absolute Gasteiger partial charge is 0.466 e. The molecule has 0 bridgehead atoms. The smallest absolute Gasteiger partial charge is 0.315 e. The van der Waals surface area contributed by atoms with Crippen molar-refractivity contribution >= 4 is 6.03 Å². The lowest BCUT2D eigenvalue weighted by atomic mass is 9.92. The molecule has 5 nitrogen and oxygen atoms in total. The van der Waals surface area contributed by atoms with Gasteiger partial charge in [0.1, 0.15) is 11.5 Å². The van der Waals surface area contributed by atoms with Crippen molar-refractivity contribution in [1.82, 2.24) is 15.5 Å². The van der Waals surface area contributed by atoms with Crippen molar-refractivity contribution in [3.05, 3.63) is 23.2 Å². The van der Waals surface area contributed by atoms with Gasteiger partial charge in [0.05, 0.1) is 0 Å². The van der Waals surface area contributed by atoms with Crippen molar-refractivity contribution in [3.63, 3.8) is 0 Å². The van der Waals surface area contributed by atoms with Crippen LogP contribution < -0.4 is 10.6 Å². The zero-order chi connectivity index (χ0) is 16.9. The van der Waals surface area contributed by atoms with E-state index in [0.717, 1.165) is 36.1 Å². The Labute approximate surface area is 145 Å². The van der Waals surface area contributed by atoms with Crippen LogP contribution in [-0.4, -0.2) is 36.1 Å². The molecule has 1 saturated heterocycles. The monoisotopic (exact) mass is 333 g/mol. The van der Waals surface area contributed by atoms with Crippen LogP contribution in [-0.2, 0) is 6.54 Å². The third kappa shape index (κ3) is 4.53. The van der Waals surface area contributed by atoms with Crippen LogP contribution in [0.5, 0.6) is 0 Å². The number of carbonyl (C=O) groups is 1. The number of nitrogens with zero attached hydrogens (tertiary/aromatic N) is 1. The number of hydrogen-bond acceptors (Lipinski definition) is 3. The number of urea groups is 1. The lowest BCUT2D eigenvalue weighted by molar-refractivity contribution is 0.112. The van der Waals surface area contributed by atoms with Gasteiger partial charge in [-0.1, -0.05) is 19.3 Å². The summed E-state index contributed by atoms with van der Waals surface area (Å²) >= 11 is 0. The summed E-state index contributed by atoms with van der Waals surface area (Å²) in [5, 5.41) is 6.13. The highest BCUT2D eigenvalue weighted by Crippen LogP contribution is 2.25. The number of hydrogen-bond donors (Lipinski definition) is 2. The molecule has 1 aliphatic carbocycles. The van der Waals surface area contributed by atoms with Crippen LogP contribution in [0.2, 0.25) is 0 Å². The zero-order valence-electron chi connectivity index (χ0n) is 15.1. The molecule has 1 atom stereocenters. The van der Waals surface area contributed by atoms with Gasteiger partial charge in [-0.15, -0.1) is 0 Å². The summed E-state index contributed by atoms with van der Waals surface area (Å²) in [6, 6.07) is 2.93. The Morgan fingerprint density at radius 2 is 2.00 bits per heavy atom. The lowest BCUT2D eigenvalue weighted by Gasteiger charge is -2.40. The Morgan fingerprint density at radius 3 is 2.71 bits per heavy atom. The number of piperidine rings is 1. The molecular weight excluding hydrogens is 302 g/mol. The first-order valence-electron chi connectivity index (χ1n) is 9.46. The topological polar surface area (TPSA) is 57.5 Å². The van der Waals surface area contributed by atoms with E-state index in [1.165, 1.54) is 45.1 Å². The molecule has 1 unspecified atom stereocenters. The Balaban J connectivity index is 1.44. The number of aryl methyl sites for hydroxylation is 2. The third-order valence-corrected chi connectivity index (χ3v) is 5.46. The highest BCUT2D eigenvalue weighted by molar-refractivity contribution is 5.74. The first-order chi connectivity index (χ1) is 11.6. The number of amides is 2. The number of furan rings is 1. The first kappa shape index (κ1) is 17.3. The fourth-order valence-corrected chi connectivity index (χ4v) is 4.17. The number of nitrogens with one attached hydrogen (secondary N) is 2. The molecule has 3 rings (SSSR count). The van der Waals surface area contributed by atoms with Crippen LogP contribution in [0.3, 0.4) is 0 Å². The maximum absolute atomic E-state index is 12.2. The molecule has 1 saturated carbocycles.